The van der Waals surface area contributed by atoms with Crippen molar-refractivity contribution in [3.8, 4) is 95.3 Å². The lowest BCUT2D eigenvalue weighted by Crippen LogP contribution is -2.14. The van der Waals surface area contributed by atoms with Gasteiger partial charge in [-0.25, -0.2) is 9.97 Å². The highest BCUT2D eigenvalue weighted by molar-refractivity contribution is 6.16. The molecule has 0 radical (unpaired) electrons. The average Bonchev–Trinajstić information content (AvgIpc) is 1.51. The summed E-state index contributed by atoms with van der Waals surface area (Å²) < 4.78 is 7.22. The molecule has 104 heavy (non-hydrogen) atoms. The van der Waals surface area contributed by atoms with Gasteiger partial charge in [-0.15, -0.1) is 0 Å². The molecular weight excluding hydrogens is 1260 g/mol. The molecule has 0 saturated carbocycles. The zero-order chi connectivity index (χ0) is 69.2. The van der Waals surface area contributed by atoms with Crippen molar-refractivity contribution in [3.63, 3.8) is 0 Å². The molecule has 4 heterocycles. The second-order valence-corrected chi connectivity index (χ2v) is 30.8. The molecule has 0 amide bonds. The molecule has 5 heteroatoms. The summed E-state index contributed by atoms with van der Waals surface area (Å²) in [6, 6.07) is 116. The molecule has 0 fully saturated rings. The first kappa shape index (κ1) is 59.0. The summed E-state index contributed by atoms with van der Waals surface area (Å²) in [5, 5.41) is 10.3. The van der Waals surface area contributed by atoms with E-state index in [2.05, 4.69) is 365 Å². The Labute approximate surface area is 602 Å². The van der Waals surface area contributed by atoms with Crippen molar-refractivity contribution in [1.82, 2.24) is 23.7 Å². The van der Waals surface area contributed by atoms with Crippen molar-refractivity contribution >= 4 is 87.1 Å². The molecule has 22 rings (SSSR count). The zero-order valence-corrected chi connectivity index (χ0v) is 58.7. The molecule has 0 bridgehead atoms. The van der Waals surface area contributed by atoms with Crippen LogP contribution in [0.4, 0.5) is 0 Å². The molecule has 3 aliphatic carbocycles. The lowest BCUT2D eigenvalue weighted by Gasteiger charge is -2.21. The fourth-order valence-electron chi connectivity index (χ4n) is 19.1. The Morgan fingerprint density at radius 3 is 1.06 bits per heavy atom. The molecule has 0 unspecified atom stereocenters. The Hall–Kier alpha value is -12.7. The summed E-state index contributed by atoms with van der Waals surface area (Å²) in [6.45, 7) is 14.1. The van der Waals surface area contributed by atoms with E-state index in [1.807, 2.05) is 0 Å². The van der Waals surface area contributed by atoms with Crippen molar-refractivity contribution in [3.05, 3.63) is 343 Å². The van der Waals surface area contributed by atoms with Gasteiger partial charge in [0.1, 0.15) is 0 Å². The summed E-state index contributed by atoms with van der Waals surface area (Å²) in [6.07, 6.45) is 0. The number of rotatable bonds is 7. The summed E-state index contributed by atoms with van der Waals surface area (Å²) in [4.78, 5) is 11.7. The number of fused-ring (bicyclic) bond motifs is 20. The molecule has 19 aromatic rings. The Kier molecular flexibility index (Phi) is 12.0. The first-order valence-corrected chi connectivity index (χ1v) is 36.5. The summed E-state index contributed by atoms with van der Waals surface area (Å²) >= 11 is 0. The maximum absolute atomic E-state index is 5.97. The van der Waals surface area contributed by atoms with Gasteiger partial charge in [0.25, 0.3) is 0 Å². The first-order chi connectivity index (χ1) is 50.8. The molecule has 490 valence electrons. The highest BCUT2D eigenvalue weighted by Crippen LogP contribution is 2.54. The Morgan fingerprint density at radius 2 is 0.577 bits per heavy atom. The van der Waals surface area contributed by atoms with Crippen molar-refractivity contribution in [2.75, 3.05) is 0 Å². The monoisotopic (exact) mass is 1330 g/mol. The second kappa shape index (κ2) is 21.2. The van der Waals surface area contributed by atoms with E-state index in [1.54, 1.807) is 0 Å². The largest absolute Gasteiger partial charge is 0.309 e. The molecule has 0 aliphatic heterocycles. The van der Waals surface area contributed by atoms with E-state index in [0.717, 1.165) is 88.2 Å². The minimum absolute atomic E-state index is 0.0593. The van der Waals surface area contributed by atoms with Gasteiger partial charge in [-0.3, -0.25) is 4.57 Å². The lowest BCUT2D eigenvalue weighted by atomic mass is 9.82. The standard InChI is InChI=1S/C99H69N5/c1-97(2)81-29-15-9-22-66(81)74-51-58(35-43-84(74)97)61-38-47-92-77(54-61)70-26-12-18-32-88(70)102(92)64-41-46-87-80(57-64)95(101-96(100-87)104-90-34-20-14-28-72(90)79-56-63(40-49-94(79)104)60-37-45-86-76(53-60)68-24-11-17-31-83(68)99(86,5)6)73-42-50-91(69-25-8-7-21-65(69)73)103-89-33-19-13-27-71(89)78-55-62(39-48-93(78)103)59-36-44-85-75(52-59)67-23-10-16-30-82(67)98(85,3)4/h7-57H,1-6H3. The molecule has 3 aliphatic rings. The van der Waals surface area contributed by atoms with Gasteiger partial charge in [0.05, 0.1) is 50.0 Å². The van der Waals surface area contributed by atoms with E-state index in [9.17, 15) is 0 Å². The molecule has 5 nitrogen and oxygen atoms in total. The number of aromatic nitrogens is 5. The predicted molar refractivity (Wildman–Crippen MR) is 434 cm³/mol. The summed E-state index contributed by atoms with van der Waals surface area (Å²) in [7, 11) is 0. The van der Waals surface area contributed by atoms with Crippen LogP contribution in [0.15, 0.2) is 309 Å². The molecule has 0 atom stereocenters. The number of hydrogen-bond acceptors (Lipinski definition) is 2. The Balaban J connectivity index is 0.731. The van der Waals surface area contributed by atoms with E-state index in [0.29, 0.717) is 5.95 Å². The fourth-order valence-corrected chi connectivity index (χ4v) is 19.1. The fraction of sp³-hybridized carbons (Fsp3) is 0.0909. The van der Waals surface area contributed by atoms with Gasteiger partial charge in [-0.1, -0.05) is 254 Å². The average molecular weight is 1330 g/mol. The quantitative estimate of drug-likeness (QED) is 0.160. The molecular formula is C99H69N5. The number of hydrogen-bond donors (Lipinski definition) is 0. The van der Waals surface area contributed by atoms with Crippen LogP contribution in [-0.4, -0.2) is 23.7 Å². The van der Waals surface area contributed by atoms with Crippen LogP contribution in [0.1, 0.15) is 74.9 Å². The normalized spacial score (nSPS) is 14.3. The van der Waals surface area contributed by atoms with Gasteiger partial charge in [-0.2, -0.15) is 0 Å². The Morgan fingerprint density at radius 1 is 0.221 bits per heavy atom. The van der Waals surface area contributed by atoms with Gasteiger partial charge in [0.2, 0.25) is 5.95 Å². The van der Waals surface area contributed by atoms with E-state index in [1.165, 1.54) is 122 Å². The minimum Gasteiger partial charge on any atom is -0.309 e. The number of benzene rings is 15. The summed E-state index contributed by atoms with van der Waals surface area (Å²) in [5.74, 6) is 0.612. The highest BCUT2D eigenvalue weighted by atomic mass is 15.2. The first-order valence-electron chi connectivity index (χ1n) is 36.5. The van der Waals surface area contributed by atoms with Crippen LogP contribution >= 0.6 is 0 Å². The predicted octanol–water partition coefficient (Wildman–Crippen LogP) is 25.7. The second-order valence-electron chi connectivity index (χ2n) is 30.8. The van der Waals surface area contributed by atoms with Crippen LogP contribution in [0.25, 0.3) is 182 Å². The molecule has 15 aromatic carbocycles. The van der Waals surface area contributed by atoms with Crippen molar-refractivity contribution < 1.29 is 0 Å². The molecule has 0 saturated heterocycles. The highest BCUT2D eigenvalue weighted by Gasteiger charge is 2.38. The van der Waals surface area contributed by atoms with Crippen LogP contribution in [0.3, 0.4) is 0 Å². The van der Waals surface area contributed by atoms with Gasteiger partial charge < -0.3 is 9.13 Å². The van der Waals surface area contributed by atoms with E-state index >= 15 is 0 Å². The van der Waals surface area contributed by atoms with Crippen LogP contribution in [0.2, 0.25) is 0 Å². The van der Waals surface area contributed by atoms with Gasteiger partial charge >= 0.3 is 0 Å². The van der Waals surface area contributed by atoms with Crippen LogP contribution in [0.5, 0.6) is 0 Å². The van der Waals surface area contributed by atoms with E-state index in [-0.39, 0.29) is 16.2 Å². The van der Waals surface area contributed by atoms with Gasteiger partial charge in [-0.05, 0) is 203 Å². The van der Waals surface area contributed by atoms with Crippen molar-refractivity contribution in [2.24, 2.45) is 0 Å². The van der Waals surface area contributed by atoms with Crippen LogP contribution < -0.4 is 0 Å². The smallest absolute Gasteiger partial charge is 0.235 e. The minimum atomic E-state index is -0.0730. The molecule has 0 spiro atoms. The maximum Gasteiger partial charge on any atom is 0.235 e. The molecule has 0 N–H and O–H groups in total. The van der Waals surface area contributed by atoms with Crippen LogP contribution in [0, 0.1) is 0 Å². The third kappa shape index (κ3) is 8.15. The topological polar surface area (TPSA) is 40.6 Å². The SMILES string of the molecule is CC1(C)c2ccccc2-c2cc(-c3ccc4c(c3)c3ccccc3n4-c3ccc4nc(-n5c6ccccc6c6cc(-c7ccc8c(c7)-c7ccccc7C8(C)C)ccc65)nc(-c5ccc(-n6c7ccccc7c7cc(-c8ccc9c(c8)-c8ccccc8C9(C)C)ccc76)c6ccccc56)c4c3)ccc21. The van der Waals surface area contributed by atoms with Gasteiger partial charge in [0, 0.05) is 70.6 Å². The third-order valence-corrected chi connectivity index (χ3v) is 24.3. The van der Waals surface area contributed by atoms with Gasteiger partial charge in [0.15, 0.2) is 0 Å². The van der Waals surface area contributed by atoms with E-state index in [4.69, 9.17) is 9.97 Å². The Bertz CT molecular complexity index is 7020. The number of nitrogens with zero attached hydrogens (tertiary/aromatic N) is 5. The lowest BCUT2D eigenvalue weighted by molar-refractivity contribution is 0.660. The summed E-state index contributed by atoms with van der Waals surface area (Å²) in [5.41, 5.74) is 34.7. The van der Waals surface area contributed by atoms with Crippen molar-refractivity contribution in [1.29, 1.82) is 0 Å². The maximum atomic E-state index is 5.97. The molecule has 4 aromatic heterocycles. The van der Waals surface area contributed by atoms with Crippen LogP contribution in [-0.2, 0) is 16.2 Å². The van der Waals surface area contributed by atoms with E-state index < -0.39 is 0 Å². The third-order valence-electron chi connectivity index (χ3n) is 24.3. The van der Waals surface area contributed by atoms with Crippen molar-refractivity contribution in [2.45, 2.75) is 57.8 Å². The number of para-hydroxylation sites is 3. The zero-order valence-electron chi connectivity index (χ0n) is 58.7.